The molecule has 8 heteroatoms. The minimum absolute atomic E-state index is 0. The van der Waals surface area contributed by atoms with Crippen molar-refractivity contribution in [1.82, 2.24) is 19.5 Å². The fourth-order valence-electron chi connectivity index (χ4n) is 9.54. The molecular formula is C60H53FIrN4OSi-2. The van der Waals surface area contributed by atoms with Crippen LogP contribution in [0.3, 0.4) is 0 Å². The Balaban J connectivity index is 0.000000218. The van der Waals surface area contributed by atoms with Crippen molar-refractivity contribution in [2.24, 2.45) is 5.92 Å². The zero-order valence-electron chi connectivity index (χ0n) is 40.8. The average molecular weight is 1090 g/mol. The van der Waals surface area contributed by atoms with Gasteiger partial charge in [0.05, 0.1) is 36.2 Å². The molecule has 4 heterocycles. The van der Waals surface area contributed by atoms with Crippen molar-refractivity contribution < 1.29 is 30.3 Å². The Morgan fingerprint density at radius 3 is 2.00 bits per heavy atom. The summed E-state index contributed by atoms with van der Waals surface area (Å²) < 4.78 is 32.5. The Bertz CT molecular complexity index is 3700. The van der Waals surface area contributed by atoms with E-state index in [-0.39, 0.29) is 31.8 Å². The van der Waals surface area contributed by atoms with Crippen molar-refractivity contribution in [2.75, 3.05) is 0 Å². The van der Waals surface area contributed by atoms with E-state index in [1.165, 1.54) is 5.19 Å². The minimum atomic E-state index is -1.55. The van der Waals surface area contributed by atoms with E-state index in [0.29, 0.717) is 17.1 Å². The quantitative estimate of drug-likeness (QED) is 0.0907. The number of rotatable bonds is 7. The van der Waals surface area contributed by atoms with Gasteiger partial charge in [-0.1, -0.05) is 149 Å². The molecule has 11 rings (SSSR count). The van der Waals surface area contributed by atoms with Gasteiger partial charge in [-0.2, -0.15) is 0 Å². The van der Waals surface area contributed by atoms with Gasteiger partial charge in [-0.25, -0.2) is 9.37 Å². The molecule has 0 aliphatic rings. The molecule has 0 aliphatic carbocycles. The summed E-state index contributed by atoms with van der Waals surface area (Å²) in [6, 6.07) is 53.0. The molecule has 0 saturated heterocycles. The molecule has 0 amide bonds. The zero-order valence-corrected chi connectivity index (χ0v) is 43.2. The monoisotopic (exact) mass is 1090 g/mol. The third-order valence-corrected chi connectivity index (χ3v) is 15.1. The maximum Gasteiger partial charge on any atom is 0.216 e. The summed E-state index contributed by atoms with van der Waals surface area (Å²) >= 11 is 0. The second kappa shape index (κ2) is 18.5. The van der Waals surface area contributed by atoms with E-state index in [9.17, 15) is 4.39 Å². The first-order valence-electron chi connectivity index (χ1n) is 23.5. The molecule has 1 unspecified atom stereocenters. The third kappa shape index (κ3) is 8.29. The summed E-state index contributed by atoms with van der Waals surface area (Å²) in [5, 5.41) is 7.60. The number of aryl methyl sites for hydroxylation is 3. The van der Waals surface area contributed by atoms with Crippen LogP contribution < -0.4 is 5.19 Å². The maximum atomic E-state index is 14.7. The van der Waals surface area contributed by atoms with E-state index >= 15 is 0 Å². The fourth-order valence-corrected chi connectivity index (χ4v) is 11.1. The summed E-state index contributed by atoms with van der Waals surface area (Å²) in [5.41, 5.74) is 12.3. The van der Waals surface area contributed by atoms with Gasteiger partial charge >= 0.3 is 0 Å². The van der Waals surface area contributed by atoms with Crippen LogP contribution in [0.1, 0.15) is 50.3 Å². The molecule has 0 N–H and O–H groups in total. The van der Waals surface area contributed by atoms with Crippen LogP contribution in [0.4, 0.5) is 4.39 Å². The molecule has 0 aliphatic heterocycles. The third-order valence-electron chi connectivity index (χ3n) is 13.1. The van der Waals surface area contributed by atoms with Gasteiger partial charge in [-0.05, 0) is 82.7 Å². The zero-order chi connectivity index (χ0) is 47.6. The summed E-state index contributed by atoms with van der Waals surface area (Å²) in [7, 11) is -1.55. The van der Waals surface area contributed by atoms with Crippen LogP contribution >= 0.6 is 0 Å². The number of hydrogen-bond donors (Lipinski definition) is 0. The summed E-state index contributed by atoms with van der Waals surface area (Å²) in [6.45, 7) is 19.2. The molecule has 11 aromatic rings. The Hall–Kier alpha value is -6.57. The first-order chi connectivity index (χ1) is 32.6. The van der Waals surface area contributed by atoms with Crippen LogP contribution in [0, 0.1) is 44.6 Å². The predicted molar refractivity (Wildman–Crippen MR) is 280 cm³/mol. The smallest absolute Gasteiger partial charge is 0.216 e. The Morgan fingerprint density at radius 1 is 0.691 bits per heavy atom. The van der Waals surface area contributed by atoms with Crippen LogP contribution in [-0.2, 0) is 20.1 Å². The fraction of sp³-hybridized carbons (Fsp3) is 0.183. The van der Waals surface area contributed by atoms with Crippen molar-refractivity contribution in [3.63, 3.8) is 0 Å². The molecule has 0 bridgehead atoms. The van der Waals surface area contributed by atoms with Crippen LogP contribution in [0.2, 0.25) is 19.6 Å². The molecule has 7 aromatic carbocycles. The molecule has 0 fully saturated rings. The number of pyridine rings is 2. The van der Waals surface area contributed by atoms with Gasteiger partial charge in [0.25, 0.3) is 0 Å². The first-order valence-corrected chi connectivity index (χ1v) is 26.5. The van der Waals surface area contributed by atoms with E-state index in [0.717, 1.165) is 99.4 Å². The van der Waals surface area contributed by atoms with Crippen molar-refractivity contribution in [3.8, 4) is 39.6 Å². The normalized spacial score (nSPS) is 12.9. The number of halogens is 1. The van der Waals surface area contributed by atoms with Gasteiger partial charge in [-0.15, -0.1) is 53.6 Å². The van der Waals surface area contributed by atoms with Crippen molar-refractivity contribution >= 4 is 67.9 Å². The molecular weight excluding hydrogens is 1030 g/mol. The number of fused-ring (bicyclic) bond motifs is 9. The number of benzene rings is 7. The molecule has 4 aromatic heterocycles. The number of furan rings is 1. The second-order valence-corrected chi connectivity index (χ2v) is 24.0. The Kier molecular flexibility index (Phi) is 12.3. The molecule has 0 spiro atoms. The van der Waals surface area contributed by atoms with Gasteiger partial charge in [0, 0.05) is 55.1 Å². The van der Waals surface area contributed by atoms with Gasteiger partial charge in [0.2, 0.25) is 5.71 Å². The maximum absolute atomic E-state index is 14.7. The van der Waals surface area contributed by atoms with Crippen LogP contribution in [0.15, 0.2) is 150 Å². The standard InChI is InChI=1S/C41H27FN3O.C19H26NSi.Ir/c1-23-17-18-33(39-35(23)32-19-20-34(43-41(32)46-39)26-11-5-4-6-12-26)40-44-36-30-15-9-7-13-28(30)29-14-8-10-16-31(29)38(36)45(40)37-24(2)21-27(42)22-25(37)3;1-14(2)15(3)17-12-18(16-10-8-7-9-11-16)20-13-19(17)21(4,5)6;/h4-17,19-22H,1-3H3;7-10,12-15H,1-6H3;/q2*-1;/i;15D;. The summed E-state index contributed by atoms with van der Waals surface area (Å²) in [5.74, 6) is 0.0587. The molecule has 341 valence electrons. The molecule has 0 saturated carbocycles. The number of hydrogen-bond acceptors (Lipinski definition) is 4. The van der Waals surface area contributed by atoms with E-state index < -0.39 is 14.0 Å². The van der Waals surface area contributed by atoms with Crippen molar-refractivity contribution in [1.29, 1.82) is 0 Å². The molecule has 5 nitrogen and oxygen atoms in total. The van der Waals surface area contributed by atoms with E-state index in [2.05, 4.69) is 123 Å². The predicted octanol–water partition coefficient (Wildman–Crippen LogP) is 15.7. The first kappa shape index (κ1) is 45.2. The largest absolute Gasteiger partial charge is 0.486 e. The second-order valence-electron chi connectivity index (χ2n) is 19.0. The van der Waals surface area contributed by atoms with Gasteiger partial charge in [-0.3, -0.25) is 4.98 Å². The number of imidazole rings is 1. The van der Waals surface area contributed by atoms with Crippen LogP contribution in [-0.4, -0.2) is 27.6 Å². The Labute approximate surface area is 413 Å². The number of aromatic nitrogens is 4. The van der Waals surface area contributed by atoms with Crippen LogP contribution in [0.25, 0.3) is 94.2 Å². The summed E-state index contributed by atoms with van der Waals surface area (Å²) in [4.78, 5) is 15.0. The number of nitrogens with zero attached hydrogens (tertiary/aromatic N) is 4. The minimum Gasteiger partial charge on any atom is -0.486 e. The average Bonchev–Trinajstić information content (AvgIpc) is 3.92. The van der Waals surface area contributed by atoms with Crippen molar-refractivity contribution in [3.05, 3.63) is 186 Å². The SMILES string of the molecule is Cc1cc(F)cc(C)c1-n1c(-c2[c-]cc(C)c3c2oc2nc(-c4ccccc4)ccc23)nc2c3ccccc3c3ccccc3c21.[2H]C(C)(c1cc(-c2[c-]cccc2)ncc1[Si](C)(C)C)C(C)C.[Ir]. The topological polar surface area (TPSA) is 56.7 Å². The molecule has 1 radical (unpaired) electrons. The van der Waals surface area contributed by atoms with Crippen LogP contribution in [0.5, 0.6) is 0 Å². The molecule has 68 heavy (non-hydrogen) atoms. The summed E-state index contributed by atoms with van der Waals surface area (Å²) in [6.07, 6.45) is 2.01. The van der Waals surface area contributed by atoms with Gasteiger partial charge in [0.1, 0.15) is 5.82 Å². The van der Waals surface area contributed by atoms with E-state index in [1.807, 2.05) is 93.7 Å². The Morgan fingerprint density at radius 2 is 1.34 bits per heavy atom. The van der Waals surface area contributed by atoms with E-state index in [1.54, 1.807) is 12.1 Å². The van der Waals surface area contributed by atoms with Gasteiger partial charge < -0.3 is 14.0 Å². The van der Waals surface area contributed by atoms with E-state index in [4.69, 9.17) is 15.8 Å². The molecule has 1 atom stereocenters. The van der Waals surface area contributed by atoms with Gasteiger partial charge in [0.15, 0.2) is 0 Å². The van der Waals surface area contributed by atoms with Crippen molar-refractivity contribution in [2.45, 2.75) is 67.1 Å².